The number of aromatic nitrogens is 2. The molecular weight excluding hydrogens is 469 g/mol. The van der Waals surface area contributed by atoms with Gasteiger partial charge in [0.2, 0.25) is 6.41 Å². The normalized spacial score (nSPS) is 11.3. The molecule has 0 spiro atoms. The summed E-state index contributed by atoms with van der Waals surface area (Å²) in [6.45, 7) is 3.92. The average molecular weight is 486 g/mol. The molecular formula is C22H17F7N4O. The molecule has 34 heavy (non-hydrogen) atoms. The number of aryl methyl sites for hydroxylation is 1. The third kappa shape index (κ3) is 6.12. The van der Waals surface area contributed by atoms with Crippen molar-refractivity contribution >= 4 is 12.1 Å². The molecule has 0 saturated heterocycles. The molecule has 0 N–H and O–H groups in total. The summed E-state index contributed by atoms with van der Waals surface area (Å²) in [5, 5.41) is 8.96. The smallest absolute Gasteiger partial charge is 0.315 e. The van der Waals surface area contributed by atoms with Crippen LogP contribution in [0.4, 0.5) is 36.4 Å². The van der Waals surface area contributed by atoms with Crippen molar-refractivity contribution in [1.82, 2.24) is 9.55 Å². The van der Waals surface area contributed by atoms with Gasteiger partial charge in [0.05, 0.1) is 5.56 Å². The summed E-state index contributed by atoms with van der Waals surface area (Å²) in [4.78, 5) is 15.2. The number of rotatable bonds is 4. The van der Waals surface area contributed by atoms with Crippen LogP contribution in [-0.4, -0.2) is 22.5 Å². The molecule has 180 valence electrons. The molecule has 0 atom stereocenters. The first-order valence-corrected chi connectivity index (χ1v) is 9.54. The summed E-state index contributed by atoms with van der Waals surface area (Å²) in [6.07, 6.45) is -8.21. The minimum Gasteiger partial charge on any atom is -0.315 e. The summed E-state index contributed by atoms with van der Waals surface area (Å²) in [7, 11) is 0. The lowest BCUT2D eigenvalue weighted by molar-refractivity contribution is -0.145. The molecule has 0 radical (unpaired) electrons. The summed E-state index contributed by atoms with van der Waals surface area (Å²) in [6, 6.07) is 9.86. The maximum absolute atomic E-state index is 13.0. The Kier molecular flexibility index (Phi) is 8.04. The number of pyridine rings is 1. The van der Waals surface area contributed by atoms with Gasteiger partial charge in [0, 0.05) is 24.1 Å². The molecule has 3 aromatic rings. The molecule has 2 aromatic heterocycles. The Bertz CT molecular complexity index is 1180. The van der Waals surface area contributed by atoms with Gasteiger partial charge < -0.3 is 9.47 Å². The van der Waals surface area contributed by atoms with Crippen LogP contribution in [0.2, 0.25) is 0 Å². The molecule has 0 aliphatic carbocycles. The number of benzene rings is 1. The van der Waals surface area contributed by atoms with Gasteiger partial charge in [-0.1, -0.05) is 0 Å². The van der Waals surface area contributed by atoms with Crippen LogP contribution in [0.3, 0.4) is 0 Å². The van der Waals surface area contributed by atoms with E-state index in [0.717, 1.165) is 11.0 Å². The maximum Gasteiger partial charge on any atom is 0.433 e. The van der Waals surface area contributed by atoms with Crippen molar-refractivity contribution < 1.29 is 35.5 Å². The Hall–Kier alpha value is -3.88. The van der Waals surface area contributed by atoms with E-state index in [-0.39, 0.29) is 11.9 Å². The van der Waals surface area contributed by atoms with E-state index in [2.05, 4.69) is 4.98 Å². The highest BCUT2D eigenvalue weighted by Crippen LogP contribution is 2.38. The van der Waals surface area contributed by atoms with Crippen molar-refractivity contribution in [2.75, 3.05) is 11.4 Å². The fraction of sp³-hybridized carbons (Fsp3) is 0.227. The standard InChI is InChI=1S/C13H7F6N3.C9H10FNO/c1-7-3-2-4-22(7)11-8(6-20)9(12(14,15)16)5-10(21-11)13(17,18)19;1-2-11(7-12)9-5-3-8(10)4-6-9/h2-5H,1H3;3-7H,2H2,1H3. The largest absolute Gasteiger partial charge is 0.433 e. The minimum absolute atomic E-state index is 0.152. The highest BCUT2D eigenvalue weighted by Gasteiger charge is 2.41. The third-order valence-corrected chi connectivity index (χ3v) is 4.51. The van der Waals surface area contributed by atoms with Crippen LogP contribution in [0.25, 0.3) is 5.82 Å². The van der Waals surface area contributed by atoms with Crippen molar-refractivity contribution in [2.24, 2.45) is 0 Å². The number of hydrogen-bond acceptors (Lipinski definition) is 3. The van der Waals surface area contributed by atoms with Crippen molar-refractivity contribution in [3.8, 4) is 11.9 Å². The second kappa shape index (κ2) is 10.4. The van der Waals surface area contributed by atoms with E-state index in [1.165, 1.54) is 48.4 Å². The molecule has 1 amide bonds. The number of carbonyl (C=O) groups is 1. The summed E-state index contributed by atoms with van der Waals surface area (Å²) < 4.78 is 90.7. The van der Waals surface area contributed by atoms with E-state index < -0.39 is 35.0 Å². The van der Waals surface area contributed by atoms with E-state index in [1.807, 2.05) is 6.92 Å². The van der Waals surface area contributed by atoms with E-state index in [9.17, 15) is 35.5 Å². The predicted octanol–water partition coefficient (Wildman–Crippen LogP) is 5.90. The van der Waals surface area contributed by atoms with Gasteiger partial charge >= 0.3 is 12.4 Å². The Morgan fingerprint density at radius 2 is 1.71 bits per heavy atom. The molecule has 5 nitrogen and oxygen atoms in total. The molecule has 0 aliphatic heterocycles. The Labute approximate surface area is 189 Å². The lowest BCUT2D eigenvalue weighted by Crippen LogP contribution is -2.19. The number of nitriles is 1. The summed E-state index contributed by atoms with van der Waals surface area (Å²) >= 11 is 0. The SMILES string of the molecule is CCN(C=O)c1ccc(F)cc1.Cc1cccn1-c1nc(C(F)(F)F)cc(C(F)(F)F)c1C#N. The molecule has 2 heterocycles. The van der Waals surface area contributed by atoms with Gasteiger partial charge in [-0.05, 0) is 56.3 Å². The first kappa shape index (κ1) is 26.4. The molecule has 3 rings (SSSR count). The van der Waals surface area contributed by atoms with Gasteiger partial charge in [-0.2, -0.15) is 31.6 Å². The number of alkyl halides is 6. The number of anilines is 1. The Morgan fingerprint density at radius 1 is 1.09 bits per heavy atom. The fourth-order valence-electron chi connectivity index (χ4n) is 2.84. The highest BCUT2D eigenvalue weighted by molar-refractivity contribution is 5.74. The number of amides is 1. The van der Waals surface area contributed by atoms with Crippen LogP contribution in [0, 0.1) is 24.1 Å². The zero-order chi connectivity index (χ0) is 25.7. The van der Waals surface area contributed by atoms with Crippen LogP contribution in [0.15, 0.2) is 48.7 Å². The van der Waals surface area contributed by atoms with Crippen molar-refractivity contribution in [2.45, 2.75) is 26.2 Å². The third-order valence-electron chi connectivity index (χ3n) is 4.51. The summed E-state index contributed by atoms with van der Waals surface area (Å²) in [5.41, 5.74) is -3.27. The van der Waals surface area contributed by atoms with E-state index >= 15 is 0 Å². The maximum atomic E-state index is 13.0. The van der Waals surface area contributed by atoms with Crippen LogP contribution < -0.4 is 4.90 Å². The van der Waals surface area contributed by atoms with E-state index in [4.69, 9.17) is 5.26 Å². The van der Waals surface area contributed by atoms with Crippen LogP contribution >= 0.6 is 0 Å². The second-order valence-electron chi connectivity index (χ2n) is 6.75. The van der Waals surface area contributed by atoms with Gasteiger partial charge in [0.15, 0.2) is 5.82 Å². The molecule has 0 saturated carbocycles. The van der Waals surface area contributed by atoms with E-state index in [1.54, 1.807) is 12.1 Å². The number of nitrogens with zero attached hydrogens (tertiary/aromatic N) is 4. The summed E-state index contributed by atoms with van der Waals surface area (Å²) in [5.74, 6) is -0.993. The number of hydrogen-bond donors (Lipinski definition) is 0. The molecule has 0 unspecified atom stereocenters. The average Bonchev–Trinajstić information content (AvgIpc) is 3.19. The highest BCUT2D eigenvalue weighted by atomic mass is 19.4. The van der Waals surface area contributed by atoms with Gasteiger partial charge in [-0.25, -0.2) is 9.37 Å². The van der Waals surface area contributed by atoms with Crippen LogP contribution in [0.1, 0.15) is 29.4 Å². The second-order valence-corrected chi connectivity index (χ2v) is 6.75. The van der Waals surface area contributed by atoms with Crippen molar-refractivity contribution in [3.05, 3.63) is 77.0 Å². The van der Waals surface area contributed by atoms with Crippen LogP contribution in [-0.2, 0) is 17.1 Å². The number of carbonyl (C=O) groups excluding carboxylic acids is 1. The van der Waals surface area contributed by atoms with Gasteiger partial charge in [-0.3, -0.25) is 4.79 Å². The lowest BCUT2D eigenvalue weighted by Gasteiger charge is -2.16. The van der Waals surface area contributed by atoms with Crippen molar-refractivity contribution in [3.63, 3.8) is 0 Å². The zero-order valence-corrected chi connectivity index (χ0v) is 17.7. The molecule has 0 bridgehead atoms. The number of halogens is 7. The first-order valence-electron chi connectivity index (χ1n) is 9.54. The molecule has 12 heteroatoms. The fourth-order valence-corrected chi connectivity index (χ4v) is 2.84. The molecule has 0 fully saturated rings. The molecule has 1 aromatic carbocycles. The Morgan fingerprint density at radius 3 is 2.12 bits per heavy atom. The van der Waals surface area contributed by atoms with E-state index in [0.29, 0.717) is 17.9 Å². The topological polar surface area (TPSA) is 61.9 Å². The first-order chi connectivity index (χ1) is 15.8. The van der Waals surface area contributed by atoms with Gasteiger partial charge in [0.1, 0.15) is 23.1 Å². The zero-order valence-electron chi connectivity index (χ0n) is 17.7. The van der Waals surface area contributed by atoms with Crippen LogP contribution in [0.5, 0.6) is 0 Å². The minimum atomic E-state index is -5.11. The van der Waals surface area contributed by atoms with Gasteiger partial charge in [-0.15, -0.1) is 0 Å². The monoisotopic (exact) mass is 486 g/mol. The van der Waals surface area contributed by atoms with Gasteiger partial charge in [0.25, 0.3) is 0 Å². The van der Waals surface area contributed by atoms with Crippen molar-refractivity contribution in [1.29, 1.82) is 5.26 Å². The quantitative estimate of drug-likeness (QED) is 0.341. The Balaban J connectivity index is 0.000000287. The predicted molar refractivity (Wildman–Crippen MR) is 109 cm³/mol. The molecule has 0 aliphatic rings. The lowest BCUT2D eigenvalue weighted by atomic mass is 10.1.